The van der Waals surface area contributed by atoms with Gasteiger partial charge in [-0.1, -0.05) is 6.42 Å². The Hall–Kier alpha value is -2.69. The molecule has 0 unspecified atom stereocenters. The van der Waals surface area contributed by atoms with Crippen LogP contribution in [0.1, 0.15) is 86.2 Å². The fourth-order valence-electron chi connectivity index (χ4n) is 6.27. The molecular weight excluding hydrogens is 483 g/mol. The van der Waals surface area contributed by atoms with Gasteiger partial charge in [0.05, 0.1) is 17.2 Å². The Balaban J connectivity index is 1.20. The summed E-state index contributed by atoms with van der Waals surface area (Å²) in [5.41, 5.74) is 1.20. The summed E-state index contributed by atoms with van der Waals surface area (Å²) >= 11 is 0. The van der Waals surface area contributed by atoms with Gasteiger partial charge in [0.25, 0.3) is 0 Å². The molecule has 0 radical (unpaired) electrons. The lowest BCUT2D eigenvalue weighted by Crippen LogP contribution is -2.38. The van der Waals surface area contributed by atoms with Gasteiger partial charge in [-0.05, 0) is 51.6 Å². The van der Waals surface area contributed by atoms with Crippen molar-refractivity contribution >= 4 is 17.5 Å². The van der Waals surface area contributed by atoms with Crippen LogP contribution in [0.2, 0.25) is 0 Å². The minimum Gasteiger partial charge on any atom is -0.356 e. The van der Waals surface area contributed by atoms with Crippen LogP contribution in [0, 0.1) is 0 Å². The molecule has 1 amide bonds. The summed E-state index contributed by atoms with van der Waals surface area (Å²) in [6.45, 7) is 5.47. The predicted molar refractivity (Wildman–Crippen MR) is 133 cm³/mol. The number of rotatable bonds is 6. The molecule has 0 bridgehead atoms. The van der Waals surface area contributed by atoms with Gasteiger partial charge in [-0.2, -0.15) is 13.2 Å². The number of amides is 1. The molecule has 8 nitrogen and oxygen atoms in total. The summed E-state index contributed by atoms with van der Waals surface area (Å²) in [5, 5.41) is 2.51. The van der Waals surface area contributed by atoms with Gasteiger partial charge < -0.3 is 19.7 Å². The summed E-state index contributed by atoms with van der Waals surface area (Å²) in [4.78, 5) is 29.7. The number of piperidine rings is 1. The summed E-state index contributed by atoms with van der Waals surface area (Å²) < 4.78 is 44.0. The van der Waals surface area contributed by atoms with Crippen molar-refractivity contribution in [3.8, 4) is 0 Å². The molecule has 2 aromatic heterocycles. The average Bonchev–Trinajstić information content (AvgIpc) is 3.50. The van der Waals surface area contributed by atoms with Gasteiger partial charge in [-0.15, -0.1) is 0 Å². The van der Waals surface area contributed by atoms with Gasteiger partial charge in [0.2, 0.25) is 5.91 Å². The molecule has 2 aromatic rings. The number of nitrogens with one attached hydrogen (secondary N) is 1. The number of nitrogens with zero attached hydrogens (tertiary/aromatic N) is 6. The number of alkyl halides is 3. The van der Waals surface area contributed by atoms with Crippen molar-refractivity contribution in [2.24, 2.45) is 0 Å². The molecule has 11 heteroatoms. The third-order valence-electron chi connectivity index (χ3n) is 8.62. The summed E-state index contributed by atoms with van der Waals surface area (Å²) in [7, 11) is 0. The number of aromatic nitrogens is 4. The first-order valence-electron chi connectivity index (χ1n) is 13.6. The summed E-state index contributed by atoms with van der Waals surface area (Å²) in [6, 6.07) is 0. The van der Waals surface area contributed by atoms with Crippen molar-refractivity contribution in [1.82, 2.24) is 24.4 Å². The molecule has 3 aliphatic heterocycles. The molecule has 1 atom stereocenters. The first kappa shape index (κ1) is 24.6. The van der Waals surface area contributed by atoms with Crippen LogP contribution in [0.25, 0.3) is 0 Å². The van der Waals surface area contributed by atoms with E-state index in [1.54, 1.807) is 0 Å². The van der Waals surface area contributed by atoms with Gasteiger partial charge in [0.15, 0.2) is 0 Å². The first-order valence-corrected chi connectivity index (χ1v) is 13.6. The van der Waals surface area contributed by atoms with Crippen molar-refractivity contribution < 1.29 is 18.0 Å². The number of halogens is 3. The lowest BCUT2D eigenvalue weighted by atomic mass is 9.83. The quantitative estimate of drug-likeness (QED) is 0.612. The Morgan fingerprint density at radius 3 is 2.38 bits per heavy atom. The third kappa shape index (κ3) is 4.94. The van der Waals surface area contributed by atoms with Crippen LogP contribution in [0.3, 0.4) is 0 Å². The summed E-state index contributed by atoms with van der Waals surface area (Å²) in [6.07, 6.45) is 6.15. The Morgan fingerprint density at radius 2 is 1.70 bits per heavy atom. The van der Waals surface area contributed by atoms with Gasteiger partial charge in [0, 0.05) is 50.6 Å². The molecule has 0 aromatic carbocycles. The average molecular weight is 518 g/mol. The Bertz CT molecular complexity index is 1130. The number of likely N-dealkylation sites (tertiary alicyclic amines) is 1. The highest BCUT2D eigenvalue weighted by molar-refractivity contribution is 5.94. The predicted octanol–water partition coefficient (Wildman–Crippen LogP) is 4.41. The standard InChI is InChI=1S/C26H34F3N7O/c27-26(28,29)19-14-21(37)33-23-22(19)25(31-16-30-23)35-10-6-18(7-11-35)24-32-20(17-4-3-5-17)15-36(24)13-12-34-8-1-2-9-34/h15-19H,1-14H2,(H,30,31,33,37)/t19-/m1/s1. The molecule has 0 spiro atoms. The molecule has 4 aliphatic rings. The Kier molecular flexibility index (Phi) is 6.58. The van der Waals surface area contributed by atoms with Gasteiger partial charge in [0.1, 0.15) is 23.8 Å². The zero-order valence-corrected chi connectivity index (χ0v) is 21.0. The first-order chi connectivity index (χ1) is 17.9. The lowest BCUT2D eigenvalue weighted by molar-refractivity contribution is -0.156. The molecule has 1 saturated carbocycles. The highest BCUT2D eigenvalue weighted by Gasteiger charge is 2.48. The number of hydrogen-bond acceptors (Lipinski definition) is 6. The van der Waals surface area contributed by atoms with Crippen molar-refractivity contribution in [3.05, 3.63) is 29.6 Å². The van der Waals surface area contributed by atoms with Crippen LogP contribution in [-0.2, 0) is 11.3 Å². The molecule has 200 valence electrons. The second-order valence-electron chi connectivity index (χ2n) is 11.0. The van der Waals surface area contributed by atoms with E-state index in [0.29, 0.717) is 24.8 Å². The third-order valence-corrected chi connectivity index (χ3v) is 8.62. The fourth-order valence-corrected chi connectivity index (χ4v) is 6.27. The molecule has 1 aliphatic carbocycles. The maximum Gasteiger partial charge on any atom is 0.396 e. The molecule has 3 fully saturated rings. The van der Waals surface area contributed by atoms with Gasteiger partial charge >= 0.3 is 6.18 Å². The number of fused-ring (bicyclic) bond motifs is 1. The Morgan fingerprint density at radius 1 is 0.946 bits per heavy atom. The van der Waals surface area contributed by atoms with E-state index in [-0.39, 0.29) is 17.3 Å². The number of carbonyl (C=O) groups is 1. The second-order valence-corrected chi connectivity index (χ2v) is 11.0. The molecule has 5 heterocycles. The van der Waals surface area contributed by atoms with E-state index in [4.69, 9.17) is 4.98 Å². The second kappa shape index (κ2) is 9.89. The monoisotopic (exact) mass is 517 g/mol. The highest BCUT2D eigenvalue weighted by atomic mass is 19.4. The smallest absolute Gasteiger partial charge is 0.356 e. The van der Waals surface area contributed by atoms with Crippen LogP contribution in [0.15, 0.2) is 12.5 Å². The van der Waals surface area contributed by atoms with Gasteiger partial charge in [-0.25, -0.2) is 15.0 Å². The van der Waals surface area contributed by atoms with E-state index in [1.807, 2.05) is 4.90 Å². The van der Waals surface area contributed by atoms with Crippen LogP contribution in [0.4, 0.5) is 24.8 Å². The minimum absolute atomic E-state index is 0.00701. The Labute approximate surface area is 214 Å². The zero-order valence-electron chi connectivity index (χ0n) is 21.0. The summed E-state index contributed by atoms with van der Waals surface area (Å²) in [5.74, 6) is -0.327. The van der Waals surface area contributed by atoms with Crippen LogP contribution < -0.4 is 10.2 Å². The van der Waals surface area contributed by atoms with Gasteiger partial charge in [-0.3, -0.25) is 4.79 Å². The van der Waals surface area contributed by atoms with E-state index < -0.39 is 24.4 Å². The number of hydrogen-bond donors (Lipinski definition) is 1. The highest BCUT2D eigenvalue weighted by Crippen LogP contribution is 2.46. The fraction of sp³-hybridized carbons (Fsp3) is 0.692. The maximum atomic E-state index is 13.9. The number of imidazole rings is 1. The van der Waals surface area contributed by atoms with Crippen molar-refractivity contribution in [1.29, 1.82) is 0 Å². The van der Waals surface area contributed by atoms with E-state index in [1.165, 1.54) is 57.2 Å². The minimum atomic E-state index is -4.54. The molecule has 1 N–H and O–H groups in total. The van der Waals surface area contributed by atoms with E-state index in [2.05, 4.69) is 30.9 Å². The molecule has 6 rings (SSSR count). The normalized spacial score (nSPS) is 23.7. The lowest BCUT2D eigenvalue weighted by Gasteiger charge is -2.36. The molecule has 37 heavy (non-hydrogen) atoms. The number of carbonyl (C=O) groups excluding carboxylic acids is 1. The van der Waals surface area contributed by atoms with Crippen molar-refractivity contribution in [3.63, 3.8) is 0 Å². The van der Waals surface area contributed by atoms with Crippen molar-refractivity contribution in [2.75, 3.05) is 42.9 Å². The van der Waals surface area contributed by atoms with E-state index >= 15 is 0 Å². The van der Waals surface area contributed by atoms with Crippen LogP contribution >= 0.6 is 0 Å². The SMILES string of the molecule is O=C1C[C@@H](C(F)(F)F)c2c(ncnc2N2CCC(c3nc(C4CCC4)cn3CCN3CCCC3)CC2)N1. The molecular formula is C26H34F3N7O. The van der Waals surface area contributed by atoms with E-state index in [9.17, 15) is 18.0 Å². The maximum absolute atomic E-state index is 13.9. The topological polar surface area (TPSA) is 79.2 Å². The zero-order chi connectivity index (χ0) is 25.6. The van der Waals surface area contributed by atoms with E-state index in [0.717, 1.165) is 31.8 Å². The largest absolute Gasteiger partial charge is 0.396 e. The van der Waals surface area contributed by atoms with Crippen molar-refractivity contribution in [2.45, 2.75) is 81.8 Å². The van der Waals surface area contributed by atoms with Crippen LogP contribution in [0.5, 0.6) is 0 Å². The van der Waals surface area contributed by atoms with Crippen LogP contribution in [-0.4, -0.2) is 69.2 Å². The number of anilines is 2. The molecule has 2 saturated heterocycles.